The van der Waals surface area contributed by atoms with Crippen LogP contribution in [-0.2, 0) is 4.79 Å². The van der Waals surface area contributed by atoms with Gasteiger partial charge in [-0.25, -0.2) is 0 Å². The topological polar surface area (TPSA) is 92.9 Å². The molecule has 0 radical (unpaired) electrons. The number of benzene rings is 3. The number of ketones is 1. The summed E-state index contributed by atoms with van der Waals surface area (Å²) in [4.78, 5) is 36.5. The number of carbonyl (C=O) groups is 1. The lowest BCUT2D eigenvalue weighted by molar-refractivity contribution is -0.384. The predicted molar refractivity (Wildman–Crippen MR) is 125 cm³/mol. The molecule has 32 heavy (non-hydrogen) atoms. The van der Waals surface area contributed by atoms with Crippen molar-refractivity contribution in [1.82, 2.24) is 0 Å². The summed E-state index contributed by atoms with van der Waals surface area (Å²) in [5, 5.41) is 13.8. The molecule has 1 fully saturated rings. The van der Waals surface area contributed by atoms with Crippen molar-refractivity contribution in [1.29, 1.82) is 0 Å². The van der Waals surface area contributed by atoms with Crippen LogP contribution < -0.4 is 4.90 Å². The van der Waals surface area contributed by atoms with Crippen molar-refractivity contribution in [2.24, 2.45) is 5.18 Å². The molecular weight excluding hydrogens is 406 g/mol. The number of nitrogens with zero attached hydrogens (tertiary/aromatic N) is 3. The van der Waals surface area contributed by atoms with Crippen LogP contribution in [0, 0.1) is 15.0 Å². The van der Waals surface area contributed by atoms with Crippen molar-refractivity contribution in [3.05, 3.63) is 116 Å². The van der Waals surface area contributed by atoms with Gasteiger partial charge in [0.1, 0.15) is 5.69 Å². The van der Waals surface area contributed by atoms with Crippen molar-refractivity contribution in [2.75, 3.05) is 18.0 Å². The molecule has 0 aliphatic carbocycles. The third-order valence-corrected chi connectivity index (χ3v) is 5.21. The number of nitroso groups, excluding NO2 is 1. The minimum absolute atomic E-state index is 0.00174. The van der Waals surface area contributed by atoms with Gasteiger partial charge in [0.25, 0.3) is 5.69 Å². The molecule has 0 aromatic heterocycles. The van der Waals surface area contributed by atoms with Gasteiger partial charge in [-0.1, -0.05) is 30.3 Å². The number of hydrogen-bond acceptors (Lipinski definition) is 6. The Balaban J connectivity index is 1.71. The first kappa shape index (κ1) is 20.9. The van der Waals surface area contributed by atoms with E-state index < -0.39 is 4.92 Å². The van der Waals surface area contributed by atoms with E-state index in [1.165, 1.54) is 12.1 Å². The van der Waals surface area contributed by atoms with Crippen LogP contribution in [-0.4, -0.2) is 23.8 Å². The zero-order valence-electron chi connectivity index (χ0n) is 17.0. The van der Waals surface area contributed by atoms with Crippen LogP contribution >= 0.6 is 0 Å². The van der Waals surface area contributed by atoms with Gasteiger partial charge in [0.2, 0.25) is 0 Å². The molecule has 0 unspecified atom stereocenters. The molecule has 1 aliphatic heterocycles. The summed E-state index contributed by atoms with van der Waals surface area (Å²) in [6.07, 6.45) is 3.59. The van der Waals surface area contributed by atoms with Gasteiger partial charge in [0, 0.05) is 42.1 Å². The van der Waals surface area contributed by atoms with Crippen LogP contribution in [0.1, 0.15) is 11.1 Å². The van der Waals surface area contributed by atoms with E-state index in [2.05, 4.69) is 10.1 Å². The molecular formula is C25H19N3O4. The lowest BCUT2D eigenvalue weighted by atomic mass is 9.93. The van der Waals surface area contributed by atoms with Gasteiger partial charge in [0.05, 0.1) is 4.92 Å². The van der Waals surface area contributed by atoms with Crippen LogP contribution in [0.15, 0.2) is 95.2 Å². The van der Waals surface area contributed by atoms with Gasteiger partial charge in [-0.2, -0.15) is 0 Å². The highest BCUT2D eigenvalue weighted by molar-refractivity contribution is 6.15. The number of carbonyl (C=O) groups excluding carboxylic acids is 1. The molecule has 4 rings (SSSR count). The number of para-hydroxylation sites is 1. The highest BCUT2D eigenvalue weighted by Gasteiger charge is 2.26. The highest BCUT2D eigenvalue weighted by Crippen LogP contribution is 2.27. The summed E-state index contributed by atoms with van der Waals surface area (Å²) in [5.74, 6) is -0.0758. The van der Waals surface area contributed by atoms with Crippen molar-refractivity contribution < 1.29 is 9.72 Å². The zero-order valence-corrected chi connectivity index (χ0v) is 17.0. The van der Waals surface area contributed by atoms with Gasteiger partial charge in [-0.15, -0.1) is 4.91 Å². The van der Waals surface area contributed by atoms with Gasteiger partial charge in [0.15, 0.2) is 5.78 Å². The van der Waals surface area contributed by atoms with Crippen LogP contribution in [0.25, 0.3) is 12.2 Å². The van der Waals surface area contributed by atoms with E-state index in [-0.39, 0.29) is 11.5 Å². The second kappa shape index (κ2) is 9.18. The molecule has 3 aromatic rings. The summed E-state index contributed by atoms with van der Waals surface area (Å²) in [6, 6.07) is 22.6. The molecule has 0 N–H and O–H groups in total. The third kappa shape index (κ3) is 4.67. The fourth-order valence-corrected chi connectivity index (χ4v) is 3.59. The zero-order chi connectivity index (χ0) is 22.5. The lowest BCUT2D eigenvalue weighted by Gasteiger charge is -2.31. The Morgan fingerprint density at radius 2 is 1.34 bits per heavy atom. The highest BCUT2D eigenvalue weighted by atomic mass is 16.6. The monoisotopic (exact) mass is 425 g/mol. The van der Waals surface area contributed by atoms with Gasteiger partial charge in [-0.05, 0) is 64.9 Å². The molecule has 0 bridgehead atoms. The van der Waals surface area contributed by atoms with Crippen molar-refractivity contribution in [3.63, 3.8) is 0 Å². The summed E-state index contributed by atoms with van der Waals surface area (Å²) in [7, 11) is 0. The molecule has 1 aliphatic rings. The van der Waals surface area contributed by atoms with E-state index in [0.29, 0.717) is 29.9 Å². The van der Waals surface area contributed by atoms with E-state index in [1.54, 1.807) is 42.5 Å². The summed E-state index contributed by atoms with van der Waals surface area (Å²) in [5.41, 5.74) is 4.03. The Labute approximate surface area is 184 Å². The van der Waals surface area contributed by atoms with Crippen molar-refractivity contribution in [2.45, 2.75) is 0 Å². The molecule has 7 nitrogen and oxygen atoms in total. The fourth-order valence-electron chi connectivity index (χ4n) is 3.59. The predicted octanol–water partition coefficient (Wildman–Crippen LogP) is 5.55. The number of non-ortho nitro benzene ring substituents is 1. The Bertz CT molecular complexity index is 1210. The number of anilines is 1. The van der Waals surface area contributed by atoms with Gasteiger partial charge in [-0.3, -0.25) is 14.9 Å². The molecule has 0 saturated carbocycles. The quantitative estimate of drug-likeness (QED) is 0.231. The standard InChI is InChI=1S/C25H19N3O4/c29-25-20(14-18-6-10-22(26-30)11-7-18)16-27(23-4-2-1-3-5-23)17-21(25)15-19-8-12-24(13-9-19)28(31)32/h1-15H,16-17H2/b20-14+,21-15+. The SMILES string of the molecule is O=Nc1ccc(/C=C2\CN(c3ccccc3)C/C(=C\c3ccc([N+](=O)[O-])cc3)C2=O)cc1. The first-order valence-corrected chi connectivity index (χ1v) is 9.97. The summed E-state index contributed by atoms with van der Waals surface area (Å²) >= 11 is 0. The van der Waals surface area contributed by atoms with Gasteiger partial charge >= 0.3 is 0 Å². The molecule has 0 amide bonds. The third-order valence-electron chi connectivity index (χ3n) is 5.21. The molecule has 3 aromatic carbocycles. The fraction of sp³-hybridized carbons (Fsp3) is 0.0800. The average molecular weight is 425 g/mol. The van der Waals surface area contributed by atoms with Crippen LogP contribution in [0.2, 0.25) is 0 Å². The number of nitro groups is 1. The maximum Gasteiger partial charge on any atom is 0.269 e. The minimum atomic E-state index is -0.452. The number of piperidine rings is 1. The molecule has 158 valence electrons. The normalized spacial score (nSPS) is 16.4. The number of nitro benzene ring substituents is 1. The lowest BCUT2D eigenvalue weighted by Crippen LogP contribution is -2.37. The van der Waals surface area contributed by atoms with E-state index in [0.717, 1.165) is 16.8 Å². The van der Waals surface area contributed by atoms with Crippen molar-refractivity contribution in [3.8, 4) is 0 Å². The van der Waals surface area contributed by atoms with E-state index >= 15 is 0 Å². The van der Waals surface area contributed by atoms with Crippen LogP contribution in [0.5, 0.6) is 0 Å². The van der Waals surface area contributed by atoms with E-state index in [4.69, 9.17) is 0 Å². The molecule has 0 spiro atoms. The minimum Gasteiger partial charge on any atom is -0.363 e. The first-order valence-electron chi connectivity index (χ1n) is 9.97. The van der Waals surface area contributed by atoms with Crippen LogP contribution in [0.3, 0.4) is 0 Å². The Kier molecular flexibility index (Phi) is 5.98. The second-order valence-electron chi connectivity index (χ2n) is 7.39. The molecule has 0 atom stereocenters. The Morgan fingerprint density at radius 3 is 1.84 bits per heavy atom. The van der Waals surface area contributed by atoms with Gasteiger partial charge < -0.3 is 4.90 Å². The second-order valence-corrected chi connectivity index (χ2v) is 7.39. The smallest absolute Gasteiger partial charge is 0.269 e. The first-order chi connectivity index (χ1) is 15.5. The average Bonchev–Trinajstić information content (AvgIpc) is 2.83. The van der Waals surface area contributed by atoms with Crippen LogP contribution in [0.4, 0.5) is 17.1 Å². The molecule has 7 heteroatoms. The largest absolute Gasteiger partial charge is 0.363 e. The van der Waals surface area contributed by atoms with E-state index in [1.807, 2.05) is 36.4 Å². The van der Waals surface area contributed by atoms with E-state index in [9.17, 15) is 19.8 Å². The number of hydrogen-bond donors (Lipinski definition) is 0. The number of rotatable bonds is 5. The number of Topliss-reactive ketones (excluding diaryl/α,β-unsaturated/α-hetero) is 1. The maximum absolute atomic E-state index is 13.3. The summed E-state index contributed by atoms with van der Waals surface area (Å²) < 4.78 is 0. The Morgan fingerprint density at radius 1 is 0.812 bits per heavy atom. The Hall–Kier alpha value is -4.39. The molecule has 1 saturated heterocycles. The molecule has 1 heterocycles. The summed E-state index contributed by atoms with van der Waals surface area (Å²) in [6.45, 7) is 0.860. The van der Waals surface area contributed by atoms with Crippen molar-refractivity contribution >= 4 is 35.0 Å². The maximum atomic E-state index is 13.3.